The summed E-state index contributed by atoms with van der Waals surface area (Å²) in [7, 11) is 1.19. The molecule has 0 aliphatic carbocycles. The highest BCUT2D eigenvalue weighted by Crippen LogP contribution is 2.23. The fraction of sp³-hybridized carbons (Fsp3) is 0.125. The van der Waals surface area contributed by atoms with Crippen LogP contribution in [0.3, 0.4) is 0 Å². The number of rotatable bonds is 6. The molecule has 0 aliphatic rings. The molecule has 1 aromatic carbocycles. The Hall–Kier alpha value is -3.82. The fourth-order valence-electron chi connectivity index (χ4n) is 2.30. The van der Waals surface area contributed by atoms with E-state index < -0.39 is 10.9 Å². The maximum Gasteiger partial charge on any atom is 0.339 e. The molecule has 2 aromatic heterocycles. The number of esters is 1. The lowest BCUT2D eigenvalue weighted by atomic mass is 10.2. The molecule has 10 heteroatoms. The van der Waals surface area contributed by atoms with Crippen LogP contribution < -0.4 is 5.32 Å². The second kappa shape index (κ2) is 7.38. The third kappa shape index (κ3) is 3.48. The minimum Gasteiger partial charge on any atom is -0.465 e. The average molecular weight is 354 g/mol. The van der Waals surface area contributed by atoms with Gasteiger partial charge in [0.1, 0.15) is 6.33 Å². The Labute approximate surface area is 147 Å². The first kappa shape index (κ1) is 17.0. The smallest absolute Gasteiger partial charge is 0.339 e. The number of carbonyl (C=O) groups excluding carboxylic acids is 1. The lowest BCUT2D eigenvalue weighted by Crippen LogP contribution is -2.11. The number of ether oxygens (including phenoxy) is 1. The maximum absolute atomic E-state index is 11.5. The highest BCUT2D eigenvalue weighted by atomic mass is 16.6. The van der Waals surface area contributed by atoms with Gasteiger partial charge in [-0.15, -0.1) is 10.2 Å². The second-order valence-corrected chi connectivity index (χ2v) is 5.15. The highest BCUT2D eigenvalue weighted by molar-refractivity contribution is 5.90. The first-order chi connectivity index (χ1) is 12.6. The molecule has 3 rings (SSSR count). The molecule has 3 aromatic rings. The zero-order valence-corrected chi connectivity index (χ0v) is 13.7. The summed E-state index contributed by atoms with van der Waals surface area (Å²) in [5.41, 5.74) is 0.522. The Kier molecular flexibility index (Phi) is 4.83. The molecule has 26 heavy (non-hydrogen) atoms. The van der Waals surface area contributed by atoms with Crippen molar-refractivity contribution < 1.29 is 14.5 Å². The van der Waals surface area contributed by atoms with E-state index in [0.29, 0.717) is 5.82 Å². The van der Waals surface area contributed by atoms with Crippen LogP contribution in [0.5, 0.6) is 0 Å². The summed E-state index contributed by atoms with van der Waals surface area (Å²) in [6.07, 6.45) is 2.76. The van der Waals surface area contributed by atoms with Gasteiger partial charge >= 0.3 is 11.7 Å². The van der Waals surface area contributed by atoms with Crippen LogP contribution >= 0.6 is 0 Å². The van der Waals surface area contributed by atoms with Gasteiger partial charge in [0.15, 0.2) is 5.82 Å². The van der Waals surface area contributed by atoms with Crippen molar-refractivity contribution in [3.8, 4) is 5.69 Å². The lowest BCUT2D eigenvalue weighted by Gasteiger charge is -2.09. The Bertz CT molecular complexity index is 941. The Balaban J connectivity index is 1.84. The van der Waals surface area contributed by atoms with Crippen LogP contribution in [0.2, 0.25) is 0 Å². The van der Waals surface area contributed by atoms with Crippen LogP contribution in [0.15, 0.2) is 48.9 Å². The third-order valence-electron chi connectivity index (χ3n) is 3.55. The highest BCUT2D eigenvalue weighted by Gasteiger charge is 2.20. The van der Waals surface area contributed by atoms with E-state index in [1.165, 1.54) is 13.3 Å². The van der Waals surface area contributed by atoms with Crippen molar-refractivity contribution in [1.82, 2.24) is 19.7 Å². The van der Waals surface area contributed by atoms with Gasteiger partial charge in [-0.05, 0) is 12.1 Å². The van der Waals surface area contributed by atoms with Crippen molar-refractivity contribution in [3.05, 3.63) is 70.4 Å². The van der Waals surface area contributed by atoms with Crippen molar-refractivity contribution in [2.75, 3.05) is 12.4 Å². The maximum atomic E-state index is 11.5. The third-order valence-corrected chi connectivity index (χ3v) is 3.55. The molecule has 132 valence electrons. The van der Waals surface area contributed by atoms with E-state index in [1.54, 1.807) is 10.9 Å². The van der Waals surface area contributed by atoms with Gasteiger partial charge in [0.05, 0.1) is 24.1 Å². The van der Waals surface area contributed by atoms with Gasteiger partial charge in [0.25, 0.3) is 0 Å². The van der Waals surface area contributed by atoms with Gasteiger partial charge in [-0.1, -0.05) is 18.2 Å². The van der Waals surface area contributed by atoms with Gasteiger partial charge < -0.3 is 10.1 Å². The number of nitrogens with one attached hydrogen (secondary N) is 1. The van der Waals surface area contributed by atoms with Crippen LogP contribution in [-0.4, -0.2) is 37.8 Å². The zero-order valence-electron chi connectivity index (χ0n) is 13.7. The molecule has 2 heterocycles. The molecule has 0 radical (unpaired) electrons. The number of nitrogens with zero attached hydrogens (tertiary/aromatic N) is 5. The number of hydrogen-bond acceptors (Lipinski definition) is 8. The van der Waals surface area contributed by atoms with E-state index in [4.69, 9.17) is 0 Å². The second-order valence-electron chi connectivity index (χ2n) is 5.15. The Morgan fingerprint density at radius 1 is 1.35 bits per heavy atom. The number of pyridine rings is 1. The van der Waals surface area contributed by atoms with E-state index in [1.807, 2.05) is 30.3 Å². The zero-order chi connectivity index (χ0) is 18.5. The van der Waals surface area contributed by atoms with Crippen molar-refractivity contribution in [2.24, 2.45) is 0 Å². The number of hydrogen-bond donors (Lipinski definition) is 1. The Morgan fingerprint density at radius 3 is 2.81 bits per heavy atom. The largest absolute Gasteiger partial charge is 0.465 e. The number of anilines is 1. The minimum absolute atomic E-state index is 0.00259. The van der Waals surface area contributed by atoms with E-state index in [-0.39, 0.29) is 23.6 Å². The summed E-state index contributed by atoms with van der Waals surface area (Å²) in [5, 5.41) is 22.0. The minimum atomic E-state index is -0.698. The first-order valence-corrected chi connectivity index (χ1v) is 7.51. The molecule has 0 bridgehead atoms. The van der Waals surface area contributed by atoms with Crippen molar-refractivity contribution >= 4 is 17.5 Å². The standard InChI is InChI=1S/C16H14N6O4/c1-26-16(23)11-7-13(22(24)25)15(17-8-11)18-9-14-20-19-10-21(14)12-5-3-2-4-6-12/h2-8,10H,9H2,1H3,(H,17,18). The molecule has 0 amide bonds. The van der Waals surface area contributed by atoms with Gasteiger partial charge in [-0.3, -0.25) is 14.7 Å². The number of methoxy groups -OCH3 is 1. The van der Waals surface area contributed by atoms with E-state index >= 15 is 0 Å². The van der Waals surface area contributed by atoms with E-state index in [9.17, 15) is 14.9 Å². The molecule has 0 unspecified atom stereocenters. The van der Waals surface area contributed by atoms with Crippen LogP contribution in [-0.2, 0) is 11.3 Å². The Morgan fingerprint density at radius 2 is 2.12 bits per heavy atom. The predicted molar refractivity (Wildman–Crippen MR) is 90.9 cm³/mol. The average Bonchev–Trinajstić information content (AvgIpc) is 3.14. The van der Waals surface area contributed by atoms with Crippen LogP contribution in [0.4, 0.5) is 11.5 Å². The van der Waals surface area contributed by atoms with Crippen LogP contribution in [0, 0.1) is 10.1 Å². The monoisotopic (exact) mass is 354 g/mol. The molecule has 0 atom stereocenters. The molecule has 0 saturated carbocycles. The normalized spacial score (nSPS) is 10.3. The van der Waals surface area contributed by atoms with Crippen molar-refractivity contribution in [1.29, 1.82) is 0 Å². The molecule has 0 aliphatic heterocycles. The molecule has 0 spiro atoms. The molecular formula is C16H14N6O4. The summed E-state index contributed by atoms with van der Waals surface area (Å²) in [6.45, 7) is 0.153. The number of para-hydroxylation sites is 1. The van der Waals surface area contributed by atoms with E-state index in [0.717, 1.165) is 11.8 Å². The number of nitro groups is 1. The SMILES string of the molecule is COC(=O)c1cnc(NCc2nncn2-c2ccccc2)c([N+](=O)[O-])c1. The fourth-order valence-corrected chi connectivity index (χ4v) is 2.30. The van der Waals surface area contributed by atoms with Crippen molar-refractivity contribution in [2.45, 2.75) is 6.54 Å². The van der Waals surface area contributed by atoms with Gasteiger partial charge in [-0.25, -0.2) is 9.78 Å². The van der Waals surface area contributed by atoms with Gasteiger partial charge in [-0.2, -0.15) is 0 Å². The van der Waals surface area contributed by atoms with Crippen LogP contribution in [0.1, 0.15) is 16.2 Å². The van der Waals surface area contributed by atoms with Crippen LogP contribution in [0.25, 0.3) is 5.69 Å². The number of benzene rings is 1. The number of carbonyl (C=O) groups is 1. The summed E-state index contributed by atoms with van der Waals surface area (Å²) in [6, 6.07) is 10.5. The van der Waals surface area contributed by atoms with Crippen molar-refractivity contribution in [3.63, 3.8) is 0 Å². The number of aromatic nitrogens is 4. The molecular weight excluding hydrogens is 340 g/mol. The van der Waals surface area contributed by atoms with E-state index in [2.05, 4.69) is 25.2 Å². The van der Waals surface area contributed by atoms with Gasteiger partial charge in [0.2, 0.25) is 5.82 Å². The summed E-state index contributed by atoms with van der Waals surface area (Å²) in [4.78, 5) is 26.1. The molecule has 0 saturated heterocycles. The summed E-state index contributed by atoms with van der Waals surface area (Å²) >= 11 is 0. The van der Waals surface area contributed by atoms with Gasteiger partial charge in [0, 0.05) is 18.0 Å². The lowest BCUT2D eigenvalue weighted by molar-refractivity contribution is -0.384. The topological polar surface area (TPSA) is 125 Å². The quantitative estimate of drug-likeness (QED) is 0.404. The molecule has 10 nitrogen and oxygen atoms in total. The molecule has 0 fully saturated rings. The molecule has 1 N–H and O–H groups in total. The summed E-state index contributed by atoms with van der Waals surface area (Å²) < 4.78 is 6.30. The first-order valence-electron chi connectivity index (χ1n) is 7.51. The summed E-state index contributed by atoms with van der Waals surface area (Å²) in [5.74, 6) is -0.134. The predicted octanol–water partition coefficient (Wildman–Crippen LogP) is 1.97.